The lowest BCUT2D eigenvalue weighted by molar-refractivity contribution is 0.0533. The molecule has 4 nitrogen and oxygen atoms in total. The fourth-order valence-corrected chi connectivity index (χ4v) is 3.56. The molecule has 1 aromatic carbocycles. The standard InChI is InChI=1S/C16H12Cl2N2O2S/c1-2-22-16(21)14-13(19)9-4-6-12(20-15(9)23-14)10-7-8(17)3-5-11(10)18/h3-7H,2,19H2,1H3. The summed E-state index contributed by atoms with van der Waals surface area (Å²) in [6, 6.07) is 8.81. The molecule has 3 rings (SSSR count). The van der Waals surface area contributed by atoms with Crippen molar-refractivity contribution < 1.29 is 9.53 Å². The first-order valence-electron chi connectivity index (χ1n) is 6.82. The number of hydrogen-bond acceptors (Lipinski definition) is 5. The van der Waals surface area contributed by atoms with Gasteiger partial charge in [0, 0.05) is 16.0 Å². The minimum absolute atomic E-state index is 0.295. The number of hydrogen-bond donors (Lipinski definition) is 1. The first kappa shape index (κ1) is 16.1. The number of carbonyl (C=O) groups excluding carboxylic acids is 1. The Hall–Kier alpha value is -1.82. The Morgan fingerprint density at radius 1 is 1.30 bits per heavy atom. The molecule has 0 atom stereocenters. The summed E-state index contributed by atoms with van der Waals surface area (Å²) < 4.78 is 5.01. The highest BCUT2D eigenvalue weighted by Gasteiger charge is 2.19. The number of anilines is 1. The van der Waals surface area contributed by atoms with Gasteiger partial charge in [0.15, 0.2) is 0 Å². The Morgan fingerprint density at radius 3 is 2.83 bits per heavy atom. The average Bonchev–Trinajstić information content (AvgIpc) is 2.86. The van der Waals surface area contributed by atoms with E-state index in [0.29, 0.717) is 37.7 Å². The van der Waals surface area contributed by atoms with Crippen LogP contribution < -0.4 is 5.73 Å². The van der Waals surface area contributed by atoms with Crippen molar-refractivity contribution in [3.05, 3.63) is 45.3 Å². The van der Waals surface area contributed by atoms with Gasteiger partial charge in [0.05, 0.1) is 23.0 Å². The fraction of sp³-hybridized carbons (Fsp3) is 0.125. The fourth-order valence-electron chi connectivity index (χ4n) is 2.19. The van der Waals surface area contributed by atoms with Gasteiger partial charge in [-0.25, -0.2) is 9.78 Å². The van der Waals surface area contributed by atoms with Gasteiger partial charge in [-0.3, -0.25) is 0 Å². The lowest BCUT2D eigenvalue weighted by Crippen LogP contribution is -2.04. The van der Waals surface area contributed by atoms with Crippen LogP contribution in [0.3, 0.4) is 0 Å². The molecule has 7 heteroatoms. The SMILES string of the molecule is CCOC(=O)c1sc2nc(-c3cc(Cl)ccc3Cl)ccc2c1N. The highest BCUT2D eigenvalue weighted by molar-refractivity contribution is 7.21. The van der Waals surface area contributed by atoms with Gasteiger partial charge in [-0.2, -0.15) is 0 Å². The molecule has 23 heavy (non-hydrogen) atoms. The highest BCUT2D eigenvalue weighted by Crippen LogP contribution is 2.36. The number of benzene rings is 1. The zero-order chi connectivity index (χ0) is 16.6. The van der Waals surface area contributed by atoms with E-state index in [9.17, 15) is 4.79 Å². The molecule has 2 heterocycles. The van der Waals surface area contributed by atoms with Crippen molar-refractivity contribution in [1.82, 2.24) is 4.98 Å². The monoisotopic (exact) mass is 366 g/mol. The molecule has 0 saturated carbocycles. The van der Waals surface area contributed by atoms with E-state index >= 15 is 0 Å². The van der Waals surface area contributed by atoms with Crippen molar-refractivity contribution in [2.75, 3.05) is 12.3 Å². The number of nitrogens with zero attached hydrogens (tertiary/aromatic N) is 1. The second-order valence-electron chi connectivity index (χ2n) is 4.74. The molecule has 3 aromatic rings. The quantitative estimate of drug-likeness (QED) is 0.660. The van der Waals surface area contributed by atoms with Gasteiger partial charge in [0.2, 0.25) is 0 Å². The third kappa shape index (κ3) is 3.00. The van der Waals surface area contributed by atoms with Crippen LogP contribution in [0.1, 0.15) is 16.6 Å². The average molecular weight is 367 g/mol. The van der Waals surface area contributed by atoms with Crippen molar-refractivity contribution in [2.45, 2.75) is 6.92 Å². The van der Waals surface area contributed by atoms with Crippen LogP contribution in [0.25, 0.3) is 21.5 Å². The molecule has 0 aliphatic carbocycles. The summed E-state index contributed by atoms with van der Waals surface area (Å²) in [5.41, 5.74) is 7.82. The number of ether oxygens (including phenoxy) is 1. The second kappa shape index (κ2) is 6.35. The van der Waals surface area contributed by atoms with Gasteiger partial charge in [-0.15, -0.1) is 11.3 Å². The van der Waals surface area contributed by atoms with Crippen molar-refractivity contribution >= 4 is 56.4 Å². The molecule has 118 valence electrons. The Bertz CT molecular complexity index is 908. The zero-order valence-electron chi connectivity index (χ0n) is 12.1. The summed E-state index contributed by atoms with van der Waals surface area (Å²) in [6.07, 6.45) is 0. The third-order valence-corrected chi connectivity index (χ3v) is 4.92. The Morgan fingerprint density at radius 2 is 2.09 bits per heavy atom. The van der Waals surface area contributed by atoms with Crippen LogP contribution in [-0.4, -0.2) is 17.6 Å². The zero-order valence-corrected chi connectivity index (χ0v) is 14.4. The summed E-state index contributed by atoms with van der Waals surface area (Å²) in [7, 11) is 0. The van der Waals surface area contributed by atoms with Crippen LogP contribution in [0.5, 0.6) is 0 Å². The lowest BCUT2D eigenvalue weighted by Gasteiger charge is -2.04. The molecule has 2 N–H and O–H groups in total. The normalized spacial score (nSPS) is 10.9. The number of halogens is 2. The molecule has 0 aliphatic heterocycles. The van der Waals surface area contributed by atoms with Gasteiger partial charge < -0.3 is 10.5 Å². The van der Waals surface area contributed by atoms with Crippen LogP contribution in [0.2, 0.25) is 10.0 Å². The molecule has 0 amide bonds. The summed E-state index contributed by atoms with van der Waals surface area (Å²) in [5, 5.41) is 1.85. The number of carbonyl (C=O) groups is 1. The summed E-state index contributed by atoms with van der Waals surface area (Å²) in [6.45, 7) is 2.04. The van der Waals surface area contributed by atoms with Crippen LogP contribution in [0.4, 0.5) is 5.69 Å². The number of nitrogen functional groups attached to an aromatic ring is 1. The molecule has 0 bridgehead atoms. The van der Waals surface area contributed by atoms with E-state index in [2.05, 4.69) is 4.98 Å². The van der Waals surface area contributed by atoms with Crippen molar-refractivity contribution in [3.63, 3.8) is 0 Å². The second-order valence-corrected chi connectivity index (χ2v) is 6.58. The van der Waals surface area contributed by atoms with Crippen molar-refractivity contribution in [2.24, 2.45) is 0 Å². The van der Waals surface area contributed by atoms with Gasteiger partial charge in [0.25, 0.3) is 0 Å². The molecular formula is C16H12Cl2N2O2S. The topological polar surface area (TPSA) is 65.2 Å². The van der Waals surface area contributed by atoms with Crippen LogP contribution in [0.15, 0.2) is 30.3 Å². The first-order chi connectivity index (χ1) is 11.0. The molecular weight excluding hydrogens is 355 g/mol. The Balaban J connectivity index is 2.12. The number of rotatable bonds is 3. The summed E-state index contributed by atoms with van der Waals surface area (Å²) in [5.74, 6) is -0.435. The van der Waals surface area contributed by atoms with Gasteiger partial charge in [-0.05, 0) is 37.3 Å². The maximum absolute atomic E-state index is 11.9. The van der Waals surface area contributed by atoms with E-state index in [1.54, 1.807) is 31.2 Å². The number of esters is 1. The van der Waals surface area contributed by atoms with Crippen LogP contribution in [0, 0.1) is 0 Å². The largest absolute Gasteiger partial charge is 0.462 e. The van der Waals surface area contributed by atoms with Crippen molar-refractivity contribution in [3.8, 4) is 11.3 Å². The van der Waals surface area contributed by atoms with Crippen molar-refractivity contribution in [1.29, 1.82) is 0 Å². The smallest absolute Gasteiger partial charge is 0.350 e. The van der Waals surface area contributed by atoms with Gasteiger partial charge in [-0.1, -0.05) is 23.2 Å². The van der Waals surface area contributed by atoms with E-state index in [4.69, 9.17) is 33.7 Å². The number of pyridine rings is 1. The van der Waals surface area contributed by atoms with E-state index < -0.39 is 5.97 Å². The first-order valence-corrected chi connectivity index (χ1v) is 8.40. The lowest BCUT2D eigenvalue weighted by atomic mass is 10.1. The number of aromatic nitrogens is 1. The Labute approximate surface area is 146 Å². The van der Waals surface area contributed by atoms with E-state index in [1.165, 1.54) is 11.3 Å². The third-order valence-electron chi connectivity index (χ3n) is 3.26. The maximum atomic E-state index is 11.9. The molecule has 0 aliphatic rings. The van der Waals surface area contributed by atoms with Crippen LogP contribution >= 0.6 is 34.5 Å². The molecule has 0 unspecified atom stereocenters. The predicted molar refractivity (Wildman–Crippen MR) is 95.4 cm³/mol. The van der Waals surface area contributed by atoms with E-state index in [-0.39, 0.29) is 0 Å². The molecule has 0 fully saturated rings. The molecule has 0 saturated heterocycles. The Kier molecular flexibility index (Phi) is 4.43. The van der Waals surface area contributed by atoms with E-state index in [1.807, 2.05) is 6.07 Å². The maximum Gasteiger partial charge on any atom is 0.350 e. The predicted octanol–water partition coefficient (Wildman–Crippen LogP) is 5.03. The molecule has 0 radical (unpaired) electrons. The van der Waals surface area contributed by atoms with Gasteiger partial charge in [0.1, 0.15) is 9.71 Å². The van der Waals surface area contributed by atoms with E-state index in [0.717, 1.165) is 10.9 Å². The number of nitrogens with two attached hydrogens (primary N) is 1. The minimum atomic E-state index is -0.435. The summed E-state index contributed by atoms with van der Waals surface area (Å²) in [4.78, 5) is 17.5. The summed E-state index contributed by atoms with van der Waals surface area (Å²) >= 11 is 13.4. The number of thiophene rings is 1. The van der Waals surface area contributed by atoms with Crippen LogP contribution in [-0.2, 0) is 4.74 Å². The minimum Gasteiger partial charge on any atom is -0.462 e. The van der Waals surface area contributed by atoms with Gasteiger partial charge >= 0.3 is 5.97 Å². The molecule has 2 aromatic heterocycles. The number of fused-ring (bicyclic) bond motifs is 1. The highest BCUT2D eigenvalue weighted by atomic mass is 35.5. The molecule has 0 spiro atoms.